The third-order valence-corrected chi connectivity index (χ3v) is 4.80. The molecule has 3 heterocycles. The Labute approximate surface area is 159 Å². The summed E-state index contributed by atoms with van der Waals surface area (Å²) < 4.78 is 72.0. The Kier molecular flexibility index (Phi) is 6.25. The fourth-order valence-corrected chi connectivity index (χ4v) is 3.34. The number of thiophene rings is 1. The van der Waals surface area contributed by atoms with Gasteiger partial charge in [-0.25, -0.2) is 13.8 Å². The molecule has 13 heteroatoms. The molecule has 154 valence electrons. The summed E-state index contributed by atoms with van der Waals surface area (Å²) in [6, 6.07) is 2.96. The van der Waals surface area contributed by atoms with Gasteiger partial charge in [0.1, 0.15) is 6.61 Å². The van der Waals surface area contributed by atoms with Crippen LogP contribution in [-0.4, -0.2) is 47.4 Å². The molecule has 1 atom stereocenters. The number of rotatable bonds is 7. The average molecular weight is 427 g/mol. The molecule has 1 fully saturated rings. The lowest BCUT2D eigenvalue weighted by atomic mass is 10.1. The molecule has 1 aliphatic rings. The van der Waals surface area contributed by atoms with E-state index in [9.17, 15) is 26.7 Å². The lowest BCUT2D eigenvalue weighted by Crippen LogP contribution is -2.37. The van der Waals surface area contributed by atoms with Crippen molar-refractivity contribution in [2.24, 2.45) is 5.92 Å². The summed E-state index contributed by atoms with van der Waals surface area (Å²) in [5, 5.41) is 4.11. The molecule has 1 aliphatic heterocycles. The highest BCUT2D eigenvalue weighted by molar-refractivity contribution is 7.15. The van der Waals surface area contributed by atoms with Crippen molar-refractivity contribution in [1.29, 1.82) is 0 Å². The van der Waals surface area contributed by atoms with E-state index in [1.54, 1.807) is 0 Å². The van der Waals surface area contributed by atoms with Crippen molar-refractivity contribution >= 4 is 17.2 Å². The lowest BCUT2D eigenvalue weighted by Gasteiger charge is -2.23. The van der Waals surface area contributed by atoms with E-state index in [1.165, 1.54) is 12.1 Å². The molecular formula is C15H14F5N3O4S. The Balaban J connectivity index is 1.72. The first-order valence-corrected chi connectivity index (χ1v) is 8.86. The minimum Gasteiger partial charge on any atom is -0.381 e. The maximum absolute atomic E-state index is 12.6. The molecule has 1 unspecified atom stereocenters. The molecule has 1 saturated heterocycles. The van der Waals surface area contributed by atoms with Crippen molar-refractivity contribution in [3.63, 3.8) is 0 Å². The highest BCUT2D eigenvalue weighted by Gasteiger charge is 2.38. The number of carbonyl (C=O) groups excluding carboxylic acids is 1. The summed E-state index contributed by atoms with van der Waals surface area (Å²) in [6.45, 7) is -0.554. The quantitative estimate of drug-likeness (QED) is 0.498. The van der Waals surface area contributed by atoms with E-state index in [1.807, 2.05) is 0 Å². The van der Waals surface area contributed by atoms with Crippen molar-refractivity contribution in [1.82, 2.24) is 15.2 Å². The smallest absolute Gasteiger partial charge is 0.381 e. The third-order valence-electron chi connectivity index (χ3n) is 3.73. The highest BCUT2D eigenvalue weighted by Crippen LogP contribution is 2.32. The summed E-state index contributed by atoms with van der Waals surface area (Å²) in [6.07, 6.45) is -7.08. The first-order chi connectivity index (χ1) is 13.2. The highest BCUT2D eigenvalue weighted by atomic mass is 32.1. The van der Waals surface area contributed by atoms with Crippen molar-refractivity contribution in [2.45, 2.75) is 25.6 Å². The predicted octanol–water partition coefficient (Wildman–Crippen LogP) is 3.38. The first kappa shape index (κ1) is 20.6. The number of hydrogen-bond donors (Lipinski definition) is 0. The van der Waals surface area contributed by atoms with Gasteiger partial charge in [-0.05, 0) is 18.6 Å². The molecule has 0 aromatic carbocycles. The minimum absolute atomic E-state index is 0.156. The zero-order valence-electron chi connectivity index (χ0n) is 14.1. The number of nitrogens with zero attached hydrogens (tertiary/aromatic N) is 3. The molecular weight excluding hydrogens is 413 g/mol. The number of carbonyl (C=O) groups is 1. The van der Waals surface area contributed by atoms with E-state index in [2.05, 4.69) is 14.7 Å². The van der Waals surface area contributed by atoms with Crippen LogP contribution in [0.25, 0.3) is 10.7 Å². The number of hydroxylamine groups is 2. The van der Waals surface area contributed by atoms with Crippen LogP contribution in [0.4, 0.5) is 22.0 Å². The maximum atomic E-state index is 12.6. The summed E-state index contributed by atoms with van der Waals surface area (Å²) in [5.74, 6) is -2.73. The SMILES string of the molecule is O=C(C1CCOC1)N(Cc1ccc(-c2noc(C(F)(F)F)n2)s1)OCC(F)F. The van der Waals surface area contributed by atoms with Crippen molar-refractivity contribution in [3.05, 3.63) is 22.9 Å². The summed E-state index contributed by atoms with van der Waals surface area (Å²) in [4.78, 5) is 21.4. The molecule has 0 spiro atoms. The molecule has 0 radical (unpaired) electrons. The topological polar surface area (TPSA) is 77.7 Å². The first-order valence-electron chi connectivity index (χ1n) is 8.04. The molecule has 0 N–H and O–H groups in total. The molecule has 2 aromatic rings. The van der Waals surface area contributed by atoms with Gasteiger partial charge >= 0.3 is 12.1 Å². The number of hydrogen-bond acceptors (Lipinski definition) is 7. The fourth-order valence-electron chi connectivity index (χ4n) is 2.43. The summed E-state index contributed by atoms with van der Waals surface area (Å²) in [5.41, 5.74) is 0. The van der Waals surface area contributed by atoms with Gasteiger partial charge in [0.2, 0.25) is 5.82 Å². The van der Waals surface area contributed by atoms with Crippen LogP contribution in [0.3, 0.4) is 0 Å². The van der Waals surface area contributed by atoms with E-state index in [4.69, 9.17) is 9.57 Å². The van der Waals surface area contributed by atoms with Gasteiger partial charge in [0, 0.05) is 11.5 Å². The van der Waals surface area contributed by atoms with Gasteiger partial charge in [0.15, 0.2) is 0 Å². The number of amides is 1. The normalized spacial score (nSPS) is 17.4. The molecule has 3 rings (SSSR count). The number of halogens is 5. The molecule has 0 saturated carbocycles. The van der Waals surface area contributed by atoms with E-state index in [0.29, 0.717) is 17.9 Å². The molecule has 2 aromatic heterocycles. The van der Waals surface area contributed by atoms with E-state index < -0.39 is 36.9 Å². The zero-order valence-corrected chi connectivity index (χ0v) is 14.9. The second kappa shape index (κ2) is 8.49. The average Bonchev–Trinajstić information content (AvgIpc) is 3.38. The standard InChI is InChI=1S/C15H14F5N3O4S/c16-11(17)7-26-23(13(24)8-3-4-25-6-8)5-9-1-2-10(28-9)12-21-14(27-22-12)15(18,19)20/h1-2,8,11H,3-7H2. The second-order valence-electron chi connectivity index (χ2n) is 5.81. The van der Waals surface area contributed by atoms with Crippen LogP contribution < -0.4 is 0 Å². The van der Waals surface area contributed by atoms with Gasteiger partial charge in [-0.3, -0.25) is 9.63 Å². The number of aromatic nitrogens is 2. The zero-order chi connectivity index (χ0) is 20.3. The van der Waals surface area contributed by atoms with Gasteiger partial charge in [0.25, 0.3) is 12.3 Å². The maximum Gasteiger partial charge on any atom is 0.471 e. The van der Waals surface area contributed by atoms with Crippen LogP contribution in [0.5, 0.6) is 0 Å². The van der Waals surface area contributed by atoms with Gasteiger partial charge in [-0.2, -0.15) is 18.2 Å². The number of ether oxygens (including phenoxy) is 1. The van der Waals surface area contributed by atoms with Crippen LogP contribution in [0.15, 0.2) is 16.7 Å². The lowest BCUT2D eigenvalue weighted by molar-refractivity contribution is -0.205. The molecule has 28 heavy (non-hydrogen) atoms. The Hall–Kier alpha value is -2.12. The van der Waals surface area contributed by atoms with E-state index in [-0.39, 0.29) is 23.9 Å². The molecule has 0 bridgehead atoms. The molecule has 1 amide bonds. The van der Waals surface area contributed by atoms with Crippen LogP contribution in [0.1, 0.15) is 17.2 Å². The largest absolute Gasteiger partial charge is 0.471 e. The monoisotopic (exact) mass is 427 g/mol. The minimum atomic E-state index is -4.76. The van der Waals surface area contributed by atoms with Gasteiger partial charge in [-0.15, -0.1) is 11.3 Å². The Morgan fingerprint density at radius 2 is 2.18 bits per heavy atom. The molecule has 0 aliphatic carbocycles. The third kappa shape index (κ3) is 5.02. The van der Waals surface area contributed by atoms with Crippen LogP contribution in [0, 0.1) is 5.92 Å². The Bertz CT molecular complexity index is 804. The fraction of sp³-hybridized carbons (Fsp3) is 0.533. The van der Waals surface area contributed by atoms with Crippen LogP contribution >= 0.6 is 11.3 Å². The molecule has 7 nitrogen and oxygen atoms in total. The van der Waals surface area contributed by atoms with E-state index >= 15 is 0 Å². The summed E-state index contributed by atoms with van der Waals surface area (Å²) >= 11 is 0.987. The van der Waals surface area contributed by atoms with Crippen molar-refractivity contribution in [3.8, 4) is 10.7 Å². The van der Waals surface area contributed by atoms with Crippen LogP contribution in [-0.2, 0) is 27.1 Å². The van der Waals surface area contributed by atoms with Crippen LogP contribution in [0.2, 0.25) is 0 Å². The van der Waals surface area contributed by atoms with Gasteiger partial charge in [0.05, 0.1) is 23.9 Å². The predicted molar refractivity (Wildman–Crippen MR) is 84.0 cm³/mol. The Morgan fingerprint density at radius 1 is 1.39 bits per heavy atom. The Morgan fingerprint density at radius 3 is 2.79 bits per heavy atom. The van der Waals surface area contributed by atoms with E-state index in [0.717, 1.165) is 16.4 Å². The summed E-state index contributed by atoms with van der Waals surface area (Å²) in [7, 11) is 0. The van der Waals surface area contributed by atoms with Crippen molar-refractivity contribution in [2.75, 3.05) is 19.8 Å². The number of alkyl halides is 5. The van der Waals surface area contributed by atoms with Gasteiger partial charge in [-0.1, -0.05) is 5.16 Å². The van der Waals surface area contributed by atoms with Crippen molar-refractivity contribution < 1.29 is 40.8 Å². The van der Waals surface area contributed by atoms with Gasteiger partial charge < -0.3 is 9.26 Å². The second-order valence-corrected chi connectivity index (χ2v) is 6.98.